The summed E-state index contributed by atoms with van der Waals surface area (Å²) in [7, 11) is -3.99. The highest BCUT2D eigenvalue weighted by molar-refractivity contribution is 7.92. The third kappa shape index (κ3) is 3.43. The number of ether oxygens (including phenoxy) is 1. The summed E-state index contributed by atoms with van der Waals surface area (Å²) in [5.74, 6) is -1.01. The number of benzene rings is 2. The number of rotatable bonds is 5. The van der Waals surface area contributed by atoms with Gasteiger partial charge in [-0.15, -0.1) is 0 Å². The van der Waals surface area contributed by atoms with Crippen LogP contribution in [-0.2, 0) is 10.0 Å². The Hall–Kier alpha value is -2.28. The van der Waals surface area contributed by atoms with E-state index >= 15 is 0 Å². The topological polar surface area (TPSA) is 75.6 Å². The maximum Gasteiger partial charge on any atom is 0.265 e. The average molecular weight is 311 g/mol. The number of hydrogen-bond donors (Lipinski definition) is 2. The van der Waals surface area contributed by atoms with Crippen LogP contribution in [0.3, 0.4) is 0 Å². The molecule has 0 bridgehead atoms. The molecule has 0 aliphatic carbocycles. The highest BCUT2D eigenvalue weighted by Gasteiger charge is 2.18. The molecule has 0 spiro atoms. The number of anilines is 1. The van der Waals surface area contributed by atoms with Gasteiger partial charge in [-0.1, -0.05) is 12.1 Å². The van der Waals surface area contributed by atoms with E-state index in [1.807, 2.05) is 0 Å². The number of sulfonamides is 1. The Morgan fingerprint density at radius 1 is 1.24 bits per heavy atom. The fourth-order valence-electron chi connectivity index (χ4n) is 1.73. The largest absolute Gasteiger partial charge is 0.507 e. The summed E-state index contributed by atoms with van der Waals surface area (Å²) in [4.78, 5) is -0.278. The number of phenols is 1. The average Bonchev–Trinajstić information content (AvgIpc) is 2.42. The minimum absolute atomic E-state index is 0.0409. The summed E-state index contributed by atoms with van der Waals surface area (Å²) in [5, 5.41) is 9.58. The number of phenolic OH excluding ortho intramolecular Hbond substituents is 1. The normalized spacial score (nSPS) is 11.1. The van der Waals surface area contributed by atoms with Crippen molar-refractivity contribution >= 4 is 15.7 Å². The Morgan fingerprint density at radius 2 is 1.95 bits per heavy atom. The van der Waals surface area contributed by atoms with Crippen molar-refractivity contribution in [2.75, 3.05) is 11.3 Å². The van der Waals surface area contributed by atoms with Crippen LogP contribution in [0.15, 0.2) is 47.4 Å². The molecule has 0 aromatic heterocycles. The molecule has 0 heterocycles. The Labute approximate surface area is 122 Å². The summed E-state index contributed by atoms with van der Waals surface area (Å²) in [6, 6.07) is 9.23. The van der Waals surface area contributed by atoms with Gasteiger partial charge in [-0.25, -0.2) is 12.8 Å². The molecule has 0 radical (unpaired) electrons. The van der Waals surface area contributed by atoms with Crippen LogP contribution in [0.2, 0.25) is 0 Å². The van der Waals surface area contributed by atoms with Gasteiger partial charge in [-0.05, 0) is 31.2 Å². The van der Waals surface area contributed by atoms with Gasteiger partial charge in [0.25, 0.3) is 10.0 Å². The van der Waals surface area contributed by atoms with E-state index < -0.39 is 15.8 Å². The maximum absolute atomic E-state index is 13.7. The molecule has 0 saturated carbocycles. The lowest BCUT2D eigenvalue weighted by atomic mass is 10.3. The molecule has 0 aliphatic rings. The molecule has 2 N–H and O–H groups in total. The van der Waals surface area contributed by atoms with Gasteiger partial charge in [0.2, 0.25) is 0 Å². The monoisotopic (exact) mass is 311 g/mol. The molecule has 0 amide bonds. The Bertz CT molecular complexity index is 746. The lowest BCUT2D eigenvalue weighted by Gasteiger charge is -2.11. The van der Waals surface area contributed by atoms with Gasteiger partial charge in [0.1, 0.15) is 10.6 Å². The van der Waals surface area contributed by atoms with Crippen molar-refractivity contribution in [1.82, 2.24) is 0 Å². The van der Waals surface area contributed by atoms with E-state index in [9.17, 15) is 17.9 Å². The van der Waals surface area contributed by atoms with Crippen molar-refractivity contribution in [2.45, 2.75) is 11.8 Å². The minimum Gasteiger partial charge on any atom is -0.507 e. The second-order valence-electron chi connectivity index (χ2n) is 4.15. The van der Waals surface area contributed by atoms with Gasteiger partial charge in [0.05, 0.1) is 12.3 Å². The molecular formula is C14H14FNO4S. The fraction of sp³-hybridized carbons (Fsp3) is 0.143. The Balaban J connectivity index is 2.29. The molecule has 112 valence electrons. The predicted octanol–water partition coefficient (Wildman–Crippen LogP) is 2.73. The van der Waals surface area contributed by atoms with Crippen molar-refractivity contribution in [3.05, 3.63) is 48.3 Å². The summed E-state index contributed by atoms with van der Waals surface area (Å²) in [5.41, 5.74) is 0.0409. The molecule has 0 aliphatic heterocycles. The van der Waals surface area contributed by atoms with Gasteiger partial charge >= 0.3 is 0 Å². The van der Waals surface area contributed by atoms with Crippen LogP contribution in [0.5, 0.6) is 11.5 Å². The Kier molecular flexibility index (Phi) is 4.32. The fourth-order valence-corrected chi connectivity index (χ4v) is 2.88. The van der Waals surface area contributed by atoms with E-state index in [1.54, 1.807) is 6.92 Å². The van der Waals surface area contributed by atoms with Gasteiger partial charge in [-0.2, -0.15) is 0 Å². The van der Waals surface area contributed by atoms with Crippen molar-refractivity contribution in [3.63, 3.8) is 0 Å². The van der Waals surface area contributed by atoms with Gasteiger partial charge in [-0.3, -0.25) is 4.72 Å². The number of nitrogens with one attached hydrogen (secondary N) is 1. The van der Waals surface area contributed by atoms with Crippen LogP contribution in [0.4, 0.5) is 10.1 Å². The van der Waals surface area contributed by atoms with Crippen LogP contribution in [0, 0.1) is 5.82 Å². The van der Waals surface area contributed by atoms with Crippen molar-refractivity contribution in [1.29, 1.82) is 0 Å². The quantitative estimate of drug-likeness (QED) is 0.890. The van der Waals surface area contributed by atoms with Gasteiger partial charge in [0.15, 0.2) is 11.6 Å². The number of halogens is 1. The molecule has 5 nitrogen and oxygen atoms in total. The summed E-state index contributed by atoms with van der Waals surface area (Å²) in [6.07, 6.45) is 0. The molecule has 0 fully saturated rings. The number of para-hydroxylation sites is 1. The molecule has 2 rings (SSSR count). The van der Waals surface area contributed by atoms with Crippen LogP contribution in [-0.4, -0.2) is 20.1 Å². The van der Waals surface area contributed by atoms with Crippen molar-refractivity contribution < 1.29 is 22.7 Å². The van der Waals surface area contributed by atoms with Crippen molar-refractivity contribution in [3.8, 4) is 11.5 Å². The van der Waals surface area contributed by atoms with E-state index in [4.69, 9.17) is 4.74 Å². The van der Waals surface area contributed by atoms with E-state index in [-0.39, 0.29) is 22.1 Å². The van der Waals surface area contributed by atoms with Crippen LogP contribution < -0.4 is 9.46 Å². The number of hydrogen-bond acceptors (Lipinski definition) is 4. The number of aromatic hydroxyl groups is 1. The van der Waals surface area contributed by atoms with E-state index in [0.717, 1.165) is 6.07 Å². The third-order valence-electron chi connectivity index (χ3n) is 2.64. The zero-order valence-electron chi connectivity index (χ0n) is 11.2. The molecule has 0 unspecified atom stereocenters. The van der Waals surface area contributed by atoms with Crippen LogP contribution in [0.1, 0.15) is 6.92 Å². The third-order valence-corrected chi connectivity index (χ3v) is 4.07. The lowest BCUT2D eigenvalue weighted by Crippen LogP contribution is -2.13. The molecule has 2 aromatic rings. The van der Waals surface area contributed by atoms with Gasteiger partial charge < -0.3 is 9.84 Å². The lowest BCUT2D eigenvalue weighted by molar-refractivity contribution is 0.321. The zero-order valence-corrected chi connectivity index (χ0v) is 12.0. The van der Waals surface area contributed by atoms with E-state index in [0.29, 0.717) is 6.61 Å². The molecule has 2 aromatic carbocycles. The van der Waals surface area contributed by atoms with Crippen LogP contribution in [0.25, 0.3) is 0 Å². The summed E-state index contributed by atoms with van der Waals surface area (Å²) >= 11 is 0. The van der Waals surface area contributed by atoms with E-state index in [1.165, 1.54) is 36.4 Å². The first kappa shape index (κ1) is 15.1. The first-order chi connectivity index (χ1) is 9.94. The SMILES string of the molecule is CCOc1ccc(NS(=O)(=O)c2ccccc2O)cc1F. The van der Waals surface area contributed by atoms with E-state index in [2.05, 4.69) is 4.72 Å². The van der Waals surface area contributed by atoms with Gasteiger partial charge in [0, 0.05) is 6.07 Å². The standard InChI is InChI=1S/C14H14FNO4S/c1-2-20-13-8-7-10(9-11(13)15)16-21(18,19)14-6-4-3-5-12(14)17/h3-9,16-17H,2H2,1H3. The van der Waals surface area contributed by atoms with Crippen molar-refractivity contribution in [2.24, 2.45) is 0 Å². The molecule has 21 heavy (non-hydrogen) atoms. The smallest absolute Gasteiger partial charge is 0.265 e. The molecule has 0 atom stereocenters. The second kappa shape index (κ2) is 6.01. The minimum atomic E-state index is -3.99. The molecule has 7 heteroatoms. The highest BCUT2D eigenvalue weighted by atomic mass is 32.2. The first-order valence-corrected chi connectivity index (χ1v) is 7.65. The molecular weight excluding hydrogens is 297 g/mol. The first-order valence-electron chi connectivity index (χ1n) is 6.17. The second-order valence-corrected chi connectivity index (χ2v) is 5.80. The maximum atomic E-state index is 13.7. The zero-order chi connectivity index (χ0) is 15.5. The summed E-state index contributed by atoms with van der Waals surface area (Å²) < 4.78 is 45.2. The van der Waals surface area contributed by atoms with Crippen LogP contribution >= 0.6 is 0 Å². The molecule has 0 saturated heterocycles. The predicted molar refractivity (Wildman–Crippen MR) is 76.5 cm³/mol. The Morgan fingerprint density at radius 3 is 2.57 bits per heavy atom. The summed E-state index contributed by atoms with van der Waals surface area (Å²) in [6.45, 7) is 2.02. The highest BCUT2D eigenvalue weighted by Crippen LogP contribution is 2.26.